The van der Waals surface area contributed by atoms with Crippen LogP contribution in [0.4, 0.5) is 11.4 Å². The van der Waals surface area contributed by atoms with Crippen LogP contribution >= 0.6 is 15.9 Å². The van der Waals surface area contributed by atoms with Gasteiger partial charge >= 0.3 is 0 Å². The first-order valence-corrected chi connectivity index (χ1v) is 7.96. The van der Waals surface area contributed by atoms with Crippen LogP contribution in [0.2, 0.25) is 0 Å². The summed E-state index contributed by atoms with van der Waals surface area (Å²) in [4.78, 5) is 2.35. The van der Waals surface area contributed by atoms with E-state index in [1.54, 1.807) is 0 Å². The third-order valence-electron chi connectivity index (χ3n) is 3.65. The van der Waals surface area contributed by atoms with E-state index >= 15 is 0 Å². The average molecular weight is 351 g/mol. The zero-order chi connectivity index (χ0) is 14.7. The topological polar surface area (TPSA) is 37.6 Å². The number of furan rings is 1. The molecule has 1 aromatic carbocycles. The molecule has 1 fully saturated rings. The summed E-state index contributed by atoms with van der Waals surface area (Å²) in [5, 5.41) is 3.44. The molecule has 0 bridgehead atoms. The number of nitrogens with one attached hydrogen (secondary N) is 1. The van der Waals surface area contributed by atoms with Crippen molar-refractivity contribution >= 4 is 27.3 Å². The second kappa shape index (κ2) is 6.54. The van der Waals surface area contributed by atoms with Crippen molar-refractivity contribution in [2.24, 2.45) is 0 Å². The van der Waals surface area contributed by atoms with Gasteiger partial charge in [-0.05, 0) is 59.3 Å². The fourth-order valence-electron chi connectivity index (χ4n) is 2.47. The van der Waals surface area contributed by atoms with E-state index in [0.29, 0.717) is 0 Å². The highest BCUT2D eigenvalue weighted by Crippen LogP contribution is 2.25. The Balaban J connectivity index is 1.63. The number of hydrogen-bond acceptors (Lipinski definition) is 4. The van der Waals surface area contributed by atoms with Crippen LogP contribution in [0.1, 0.15) is 18.7 Å². The molecule has 2 aromatic rings. The van der Waals surface area contributed by atoms with Gasteiger partial charge in [0.1, 0.15) is 5.76 Å². The molecule has 1 aliphatic heterocycles. The number of morpholine rings is 1. The lowest BCUT2D eigenvalue weighted by Crippen LogP contribution is -2.36. The Bertz CT molecular complexity index is 576. The number of benzene rings is 1. The summed E-state index contributed by atoms with van der Waals surface area (Å²) in [5.41, 5.74) is 2.34. The highest BCUT2D eigenvalue weighted by molar-refractivity contribution is 9.10. The highest BCUT2D eigenvalue weighted by atomic mass is 79.9. The molecular weight excluding hydrogens is 332 g/mol. The molecule has 21 heavy (non-hydrogen) atoms. The summed E-state index contributed by atoms with van der Waals surface area (Å²) in [7, 11) is 0. The van der Waals surface area contributed by atoms with Crippen LogP contribution in [0.25, 0.3) is 0 Å². The Morgan fingerprint density at radius 1 is 1.10 bits per heavy atom. The van der Waals surface area contributed by atoms with Crippen LogP contribution in [0, 0.1) is 0 Å². The Hall–Kier alpha value is -1.46. The second-order valence-electron chi connectivity index (χ2n) is 5.15. The summed E-state index contributed by atoms with van der Waals surface area (Å²) in [6.07, 6.45) is 0. The predicted octanol–water partition coefficient (Wildman–Crippen LogP) is 4.05. The van der Waals surface area contributed by atoms with Crippen molar-refractivity contribution in [2.75, 3.05) is 36.5 Å². The van der Waals surface area contributed by atoms with Gasteiger partial charge in [0.25, 0.3) is 0 Å². The Labute approximate surface area is 133 Å². The first-order chi connectivity index (χ1) is 10.2. The van der Waals surface area contributed by atoms with Crippen LogP contribution < -0.4 is 10.2 Å². The largest absolute Gasteiger partial charge is 0.452 e. The summed E-state index contributed by atoms with van der Waals surface area (Å²) in [6.45, 7) is 5.63. The fourth-order valence-corrected chi connectivity index (χ4v) is 2.79. The molecule has 0 saturated carbocycles. The van der Waals surface area contributed by atoms with Gasteiger partial charge in [-0.15, -0.1) is 0 Å². The molecule has 5 heteroatoms. The van der Waals surface area contributed by atoms with Crippen molar-refractivity contribution in [3.63, 3.8) is 0 Å². The zero-order valence-electron chi connectivity index (χ0n) is 12.0. The van der Waals surface area contributed by atoms with E-state index in [9.17, 15) is 0 Å². The quantitative estimate of drug-likeness (QED) is 0.902. The molecule has 4 nitrogen and oxygen atoms in total. The van der Waals surface area contributed by atoms with Gasteiger partial charge in [0.2, 0.25) is 0 Å². The van der Waals surface area contributed by atoms with Gasteiger partial charge in [-0.2, -0.15) is 0 Å². The van der Waals surface area contributed by atoms with Gasteiger partial charge < -0.3 is 19.4 Å². The molecular formula is C16H19BrN2O2. The fraction of sp³-hybridized carbons (Fsp3) is 0.375. The lowest BCUT2D eigenvalue weighted by molar-refractivity contribution is 0.122. The number of anilines is 2. The first kappa shape index (κ1) is 14.5. The molecule has 1 aliphatic rings. The van der Waals surface area contributed by atoms with Gasteiger partial charge in [0, 0.05) is 24.5 Å². The standard InChI is InChI=1S/C16H19BrN2O2/c1-12(15-6-7-16(17)21-15)18-13-2-4-14(5-3-13)19-8-10-20-11-9-19/h2-7,12,18H,8-11H2,1H3. The molecule has 1 atom stereocenters. The number of rotatable bonds is 4. The van der Waals surface area contributed by atoms with E-state index in [2.05, 4.69) is 57.3 Å². The van der Waals surface area contributed by atoms with Gasteiger partial charge in [0.05, 0.1) is 19.3 Å². The van der Waals surface area contributed by atoms with Crippen LogP contribution in [0.3, 0.4) is 0 Å². The predicted molar refractivity (Wildman–Crippen MR) is 87.9 cm³/mol. The van der Waals surface area contributed by atoms with E-state index in [1.165, 1.54) is 5.69 Å². The third-order valence-corrected chi connectivity index (χ3v) is 4.07. The lowest BCUT2D eigenvalue weighted by Gasteiger charge is -2.29. The highest BCUT2D eigenvalue weighted by Gasteiger charge is 2.12. The molecule has 0 aliphatic carbocycles. The second-order valence-corrected chi connectivity index (χ2v) is 5.94. The minimum atomic E-state index is 0.130. The number of ether oxygens (including phenoxy) is 1. The van der Waals surface area contributed by atoms with Crippen molar-refractivity contribution in [1.29, 1.82) is 0 Å². The molecule has 0 spiro atoms. The molecule has 0 radical (unpaired) electrons. The normalized spacial score (nSPS) is 16.8. The Morgan fingerprint density at radius 2 is 1.81 bits per heavy atom. The van der Waals surface area contributed by atoms with E-state index in [4.69, 9.17) is 9.15 Å². The number of nitrogens with zero attached hydrogens (tertiary/aromatic N) is 1. The average Bonchev–Trinajstić information content (AvgIpc) is 2.96. The first-order valence-electron chi connectivity index (χ1n) is 7.17. The number of halogens is 1. The van der Waals surface area contributed by atoms with Crippen LogP contribution in [-0.2, 0) is 4.74 Å². The van der Waals surface area contributed by atoms with Crippen LogP contribution in [0.15, 0.2) is 45.5 Å². The van der Waals surface area contributed by atoms with Gasteiger partial charge in [0.15, 0.2) is 4.67 Å². The molecule has 3 rings (SSSR count). The van der Waals surface area contributed by atoms with E-state index in [1.807, 2.05) is 12.1 Å². The van der Waals surface area contributed by atoms with Gasteiger partial charge in [-0.25, -0.2) is 0 Å². The van der Waals surface area contributed by atoms with E-state index in [0.717, 1.165) is 42.4 Å². The molecule has 2 heterocycles. The SMILES string of the molecule is CC(Nc1ccc(N2CCOCC2)cc1)c1ccc(Br)o1. The van der Waals surface area contributed by atoms with E-state index < -0.39 is 0 Å². The van der Waals surface area contributed by atoms with Crippen molar-refractivity contribution in [3.05, 3.63) is 46.8 Å². The van der Waals surface area contributed by atoms with Gasteiger partial charge in [-0.1, -0.05) is 0 Å². The van der Waals surface area contributed by atoms with Crippen molar-refractivity contribution in [3.8, 4) is 0 Å². The lowest BCUT2D eigenvalue weighted by atomic mass is 10.2. The van der Waals surface area contributed by atoms with Crippen molar-refractivity contribution < 1.29 is 9.15 Å². The minimum Gasteiger partial charge on any atom is -0.452 e. The number of hydrogen-bond donors (Lipinski definition) is 1. The van der Waals surface area contributed by atoms with Crippen LogP contribution in [0.5, 0.6) is 0 Å². The maximum Gasteiger partial charge on any atom is 0.169 e. The summed E-state index contributed by atoms with van der Waals surface area (Å²) >= 11 is 3.33. The molecule has 1 unspecified atom stereocenters. The zero-order valence-corrected chi connectivity index (χ0v) is 13.6. The van der Waals surface area contributed by atoms with Crippen molar-refractivity contribution in [1.82, 2.24) is 0 Å². The summed E-state index contributed by atoms with van der Waals surface area (Å²) in [6, 6.07) is 12.5. The minimum absolute atomic E-state index is 0.130. The summed E-state index contributed by atoms with van der Waals surface area (Å²) < 4.78 is 11.7. The third kappa shape index (κ3) is 3.60. The Morgan fingerprint density at radius 3 is 2.43 bits per heavy atom. The van der Waals surface area contributed by atoms with E-state index in [-0.39, 0.29) is 6.04 Å². The maximum atomic E-state index is 5.57. The van der Waals surface area contributed by atoms with Crippen molar-refractivity contribution in [2.45, 2.75) is 13.0 Å². The van der Waals surface area contributed by atoms with Gasteiger partial charge in [-0.3, -0.25) is 0 Å². The Kier molecular flexibility index (Phi) is 4.51. The smallest absolute Gasteiger partial charge is 0.169 e. The van der Waals surface area contributed by atoms with Crippen LogP contribution in [-0.4, -0.2) is 26.3 Å². The molecule has 1 saturated heterocycles. The monoisotopic (exact) mass is 350 g/mol. The summed E-state index contributed by atoms with van der Waals surface area (Å²) in [5.74, 6) is 0.916. The maximum absolute atomic E-state index is 5.57. The molecule has 1 aromatic heterocycles. The molecule has 1 N–H and O–H groups in total. The molecule has 112 valence electrons. The molecule has 0 amide bonds.